The van der Waals surface area contributed by atoms with Crippen LogP contribution in [0.25, 0.3) is 0 Å². The number of hydrogen-bond acceptors (Lipinski definition) is 6. The van der Waals surface area contributed by atoms with Crippen LogP contribution in [0.5, 0.6) is 5.75 Å². The van der Waals surface area contributed by atoms with Gasteiger partial charge in [0.25, 0.3) is 0 Å². The van der Waals surface area contributed by atoms with E-state index < -0.39 is 11.6 Å². The van der Waals surface area contributed by atoms with E-state index in [-0.39, 0.29) is 24.5 Å². The van der Waals surface area contributed by atoms with Gasteiger partial charge in [-0.05, 0) is 49.0 Å². The highest BCUT2D eigenvalue weighted by molar-refractivity contribution is 6.30. The van der Waals surface area contributed by atoms with Gasteiger partial charge in [0.1, 0.15) is 18.0 Å². The van der Waals surface area contributed by atoms with E-state index in [1.54, 1.807) is 24.3 Å². The second kappa shape index (κ2) is 11.4. The Balaban J connectivity index is 1.47. The normalized spacial score (nSPS) is 21.6. The molecule has 2 heterocycles. The van der Waals surface area contributed by atoms with Crippen molar-refractivity contribution in [2.75, 3.05) is 59.5 Å². The minimum atomic E-state index is -0.941. The maximum atomic E-state index is 13.3. The van der Waals surface area contributed by atoms with Gasteiger partial charge in [0, 0.05) is 50.8 Å². The van der Waals surface area contributed by atoms with Crippen molar-refractivity contribution in [1.29, 1.82) is 0 Å². The third kappa shape index (κ3) is 6.95. The zero-order chi connectivity index (χ0) is 24.8. The molecule has 2 aliphatic rings. The van der Waals surface area contributed by atoms with Gasteiger partial charge < -0.3 is 24.4 Å². The summed E-state index contributed by atoms with van der Waals surface area (Å²) in [6.45, 7) is 5.74. The molecule has 188 valence electrons. The van der Waals surface area contributed by atoms with Crippen LogP contribution in [0, 0.1) is 0 Å². The number of carboxylic acid groups (broad SMARTS) is 1. The monoisotopic (exact) mass is 501 g/mol. The molecular formula is C26H32ClN3O5. The molecule has 1 atom stereocenters. The first-order chi connectivity index (χ1) is 16.8. The number of likely N-dealkylation sites (N-methyl/N-ethyl adjacent to an activating group) is 1. The Hall–Kier alpha value is -2.65. The fourth-order valence-corrected chi connectivity index (χ4v) is 4.63. The summed E-state index contributed by atoms with van der Waals surface area (Å²) in [7, 11) is 2.06. The van der Waals surface area contributed by atoms with E-state index in [0.717, 1.165) is 18.7 Å². The van der Waals surface area contributed by atoms with E-state index in [2.05, 4.69) is 16.8 Å². The number of benzene rings is 2. The summed E-state index contributed by atoms with van der Waals surface area (Å²) in [6, 6.07) is 14.1. The maximum absolute atomic E-state index is 13.3. The van der Waals surface area contributed by atoms with Gasteiger partial charge in [0.2, 0.25) is 5.91 Å². The fraction of sp³-hybridized carbons (Fsp3) is 0.462. The van der Waals surface area contributed by atoms with Crippen LogP contribution in [0.2, 0.25) is 5.02 Å². The summed E-state index contributed by atoms with van der Waals surface area (Å²) < 4.78 is 12.4. The highest BCUT2D eigenvalue weighted by atomic mass is 35.5. The van der Waals surface area contributed by atoms with Gasteiger partial charge >= 0.3 is 5.97 Å². The van der Waals surface area contributed by atoms with Gasteiger partial charge in [-0.15, -0.1) is 0 Å². The molecule has 2 aromatic rings. The fourth-order valence-electron chi connectivity index (χ4n) is 4.50. The zero-order valence-electron chi connectivity index (χ0n) is 20.0. The number of carboxylic acids is 1. The van der Waals surface area contributed by atoms with E-state index in [1.807, 2.05) is 29.2 Å². The lowest BCUT2D eigenvalue weighted by Gasteiger charge is -2.43. The molecule has 2 aromatic carbocycles. The van der Waals surface area contributed by atoms with Gasteiger partial charge in [-0.3, -0.25) is 9.69 Å². The predicted molar refractivity (Wildman–Crippen MR) is 133 cm³/mol. The number of carbonyl (C=O) groups is 2. The standard InChI is InChI=1S/C26H32ClN3O5/c1-28-10-12-30(13-11-28)24(31)16-26(19-34-23-8-6-22(27)7-9-23)18-29(14-15-35-26)17-20-2-4-21(5-3-20)25(32)33/h2-9H,10-19H2,1H3,(H,32,33)/t26-/m1/s1. The number of piperazine rings is 1. The van der Waals surface area contributed by atoms with Crippen molar-refractivity contribution in [3.05, 3.63) is 64.7 Å². The molecule has 0 unspecified atom stereocenters. The zero-order valence-corrected chi connectivity index (χ0v) is 20.7. The molecule has 0 aromatic heterocycles. The first-order valence-electron chi connectivity index (χ1n) is 11.9. The Morgan fingerprint density at radius 3 is 2.37 bits per heavy atom. The average Bonchev–Trinajstić information content (AvgIpc) is 2.85. The summed E-state index contributed by atoms with van der Waals surface area (Å²) in [4.78, 5) is 30.8. The number of rotatable bonds is 8. The first-order valence-corrected chi connectivity index (χ1v) is 12.2. The third-order valence-corrected chi connectivity index (χ3v) is 6.83. The highest BCUT2D eigenvalue weighted by Gasteiger charge is 2.41. The molecule has 0 saturated carbocycles. The maximum Gasteiger partial charge on any atom is 0.335 e. The second-order valence-electron chi connectivity index (χ2n) is 9.35. The van der Waals surface area contributed by atoms with Crippen LogP contribution in [0.4, 0.5) is 0 Å². The van der Waals surface area contributed by atoms with Crippen LogP contribution in [0.1, 0.15) is 22.3 Å². The Morgan fingerprint density at radius 1 is 1.03 bits per heavy atom. The van der Waals surface area contributed by atoms with Crippen LogP contribution in [0.15, 0.2) is 48.5 Å². The summed E-state index contributed by atoms with van der Waals surface area (Å²) in [6.07, 6.45) is 0.235. The number of halogens is 1. The van der Waals surface area contributed by atoms with Crippen molar-refractivity contribution in [3.8, 4) is 5.75 Å². The molecule has 8 nitrogen and oxygen atoms in total. The molecule has 2 aliphatic heterocycles. The van der Waals surface area contributed by atoms with E-state index in [9.17, 15) is 9.59 Å². The molecule has 2 fully saturated rings. The van der Waals surface area contributed by atoms with Crippen molar-refractivity contribution >= 4 is 23.5 Å². The number of nitrogens with zero attached hydrogens (tertiary/aromatic N) is 3. The van der Waals surface area contributed by atoms with E-state index in [4.69, 9.17) is 26.2 Å². The molecule has 0 bridgehead atoms. The predicted octanol–water partition coefficient (Wildman–Crippen LogP) is 2.85. The lowest BCUT2D eigenvalue weighted by atomic mass is 9.96. The van der Waals surface area contributed by atoms with Crippen LogP contribution in [-0.4, -0.2) is 96.8 Å². The van der Waals surface area contributed by atoms with Crippen LogP contribution in [0.3, 0.4) is 0 Å². The SMILES string of the molecule is CN1CCN(C(=O)C[C@]2(COc3ccc(Cl)cc3)CN(Cc3ccc(C(=O)O)cc3)CCO2)CC1. The van der Waals surface area contributed by atoms with Crippen LogP contribution in [-0.2, 0) is 16.1 Å². The Bertz CT molecular complexity index is 1010. The Labute approximate surface area is 211 Å². The molecule has 0 spiro atoms. The molecule has 0 radical (unpaired) electrons. The lowest BCUT2D eigenvalue weighted by molar-refractivity contribution is -0.157. The Kier molecular flexibility index (Phi) is 8.28. The van der Waals surface area contributed by atoms with Crippen molar-refractivity contribution in [1.82, 2.24) is 14.7 Å². The van der Waals surface area contributed by atoms with Gasteiger partial charge in [-0.2, -0.15) is 0 Å². The van der Waals surface area contributed by atoms with Crippen LogP contribution >= 0.6 is 11.6 Å². The smallest absolute Gasteiger partial charge is 0.335 e. The largest absolute Gasteiger partial charge is 0.491 e. The molecule has 1 amide bonds. The van der Waals surface area contributed by atoms with E-state index in [0.29, 0.717) is 50.1 Å². The van der Waals surface area contributed by atoms with Gasteiger partial charge in [0.15, 0.2) is 0 Å². The van der Waals surface area contributed by atoms with Crippen molar-refractivity contribution in [2.45, 2.75) is 18.6 Å². The quantitative estimate of drug-likeness (QED) is 0.595. The molecular weight excluding hydrogens is 470 g/mol. The molecule has 2 saturated heterocycles. The molecule has 35 heavy (non-hydrogen) atoms. The van der Waals surface area contributed by atoms with Crippen molar-refractivity contribution < 1.29 is 24.2 Å². The number of morpholine rings is 1. The highest BCUT2D eigenvalue weighted by Crippen LogP contribution is 2.27. The first kappa shape index (κ1) is 25.4. The summed E-state index contributed by atoms with van der Waals surface area (Å²) >= 11 is 6.00. The number of aromatic carboxylic acids is 1. The molecule has 1 N–H and O–H groups in total. The third-order valence-electron chi connectivity index (χ3n) is 6.58. The summed E-state index contributed by atoms with van der Waals surface area (Å²) in [5, 5.41) is 9.78. The minimum absolute atomic E-state index is 0.0745. The van der Waals surface area contributed by atoms with E-state index in [1.165, 1.54) is 0 Å². The number of carbonyl (C=O) groups excluding carboxylic acids is 1. The van der Waals surface area contributed by atoms with Crippen LogP contribution < -0.4 is 4.74 Å². The summed E-state index contributed by atoms with van der Waals surface area (Å²) in [5.41, 5.74) is 0.480. The number of ether oxygens (including phenoxy) is 2. The van der Waals surface area contributed by atoms with E-state index >= 15 is 0 Å². The second-order valence-corrected chi connectivity index (χ2v) is 9.78. The lowest BCUT2D eigenvalue weighted by Crippen LogP contribution is -2.58. The minimum Gasteiger partial charge on any atom is -0.491 e. The number of hydrogen-bond donors (Lipinski definition) is 1. The molecule has 4 rings (SSSR count). The number of amides is 1. The molecule has 9 heteroatoms. The average molecular weight is 502 g/mol. The van der Waals surface area contributed by atoms with Gasteiger partial charge in [-0.1, -0.05) is 23.7 Å². The van der Waals surface area contributed by atoms with Gasteiger partial charge in [0.05, 0.1) is 18.6 Å². The summed E-state index contributed by atoms with van der Waals surface area (Å²) in [5.74, 6) is -0.194. The Morgan fingerprint density at radius 2 is 1.71 bits per heavy atom. The molecule has 0 aliphatic carbocycles. The van der Waals surface area contributed by atoms with Crippen molar-refractivity contribution in [3.63, 3.8) is 0 Å². The van der Waals surface area contributed by atoms with Crippen molar-refractivity contribution in [2.24, 2.45) is 0 Å². The topological polar surface area (TPSA) is 82.6 Å². The van der Waals surface area contributed by atoms with Gasteiger partial charge in [-0.25, -0.2) is 4.79 Å².